The lowest BCUT2D eigenvalue weighted by molar-refractivity contribution is 0.103. The Morgan fingerprint density at radius 3 is 2.16 bits per heavy atom. The molecule has 2 aromatic rings. The van der Waals surface area contributed by atoms with Crippen molar-refractivity contribution in [1.82, 2.24) is 0 Å². The van der Waals surface area contributed by atoms with Gasteiger partial charge < -0.3 is 0 Å². The Kier molecular flexibility index (Phi) is 3.47. The average molecular weight is 260 g/mol. The van der Waals surface area contributed by atoms with Gasteiger partial charge in [-0.05, 0) is 61.7 Å². The van der Waals surface area contributed by atoms with E-state index in [1.807, 2.05) is 19.9 Å². The molecule has 0 aromatic heterocycles. The topological polar surface area (TPSA) is 17.1 Å². The Hall–Kier alpha value is -2.03. The van der Waals surface area contributed by atoms with Gasteiger partial charge in [0.2, 0.25) is 0 Å². The molecule has 0 saturated carbocycles. The van der Waals surface area contributed by atoms with Crippen molar-refractivity contribution in [3.05, 3.63) is 69.8 Å². The number of carbonyl (C=O) groups excluding carboxylic acids is 1. The molecule has 2 rings (SSSR count). The number of ketones is 1. The van der Waals surface area contributed by atoms with Crippen LogP contribution in [0.1, 0.15) is 32.6 Å². The van der Waals surface area contributed by atoms with Gasteiger partial charge in [-0.3, -0.25) is 4.79 Å². The first kappa shape index (κ1) is 13.4. The van der Waals surface area contributed by atoms with E-state index in [4.69, 9.17) is 0 Å². The summed E-state index contributed by atoms with van der Waals surface area (Å²) < 4.78 is 26.8. The highest BCUT2D eigenvalue weighted by Gasteiger charge is 2.17. The van der Waals surface area contributed by atoms with Crippen LogP contribution >= 0.6 is 0 Å². The number of rotatable bonds is 2. The Morgan fingerprint density at radius 1 is 0.842 bits per heavy atom. The van der Waals surface area contributed by atoms with Gasteiger partial charge in [-0.15, -0.1) is 0 Å². The van der Waals surface area contributed by atoms with Gasteiger partial charge in [0, 0.05) is 5.56 Å². The quantitative estimate of drug-likeness (QED) is 0.742. The summed E-state index contributed by atoms with van der Waals surface area (Å²) in [5.74, 6) is -1.81. The van der Waals surface area contributed by atoms with Crippen molar-refractivity contribution in [1.29, 1.82) is 0 Å². The summed E-state index contributed by atoms with van der Waals surface area (Å²) in [5.41, 5.74) is 2.95. The summed E-state index contributed by atoms with van der Waals surface area (Å²) in [7, 11) is 0. The van der Waals surface area contributed by atoms with Gasteiger partial charge in [0.05, 0.1) is 5.56 Å². The maximum Gasteiger partial charge on any atom is 0.196 e. The molecule has 98 valence electrons. The number of halogens is 2. The van der Waals surface area contributed by atoms with Gasteiger partial charge in [-0.2, -0.15) is 0 Å². The number of hydrogen-bond donors (Lipinski definition) is 0. The lowest BCUT2D eigenvalue weighted by atomic mass is 9.94. The van der Waals surface area contributed by atoms with E-state index in [-0.39, 0.29) is 5.56 Å². The van der Waals surface area contributed by atoms with Crippen molar-refractivity contribution in [2.24, 2.45) is 0 Å². The maximum atomic E-state index is 13.6. The molecule has 1 nitrogen and oxygen atoms in total. The van der Waals surface area contributed by atoms with E-state index < -0.39 is 17.4 Å². The summed E-state index contributed by atoms with van der Waals surface area (Å²) in [6.07, 6.45) is 0. The molecule has 0 saturated heterocycles. The van der Waals surface area contributed by atoms with E-state index in [0.29, 0.717) is 5.56 Å². The van der Waals surface area contributed by atoms with Crippen LogP contribution in [-0.4, -0.2) is 5.78 Å². The predicted octanol–water partition coefficient (Wildman–Crippen LogP) is 4.12. The molecule has 0 N–H and O–H groups in total. The molecule has 0 aliphatic heterocycles. The molecule has 0 fully saturated rings. The molecular formula is C16H14F2O. The number of carbonyl (C=O) groups is 1. The monoisotopic (exact) mass is 260 g/mol. The van der Waals surface area contributed by atoms with Gasteiger partial charge in [0.25, 0.3) is 0 Å². The van der Waals surface area contributed by atoms with Crippen LogP contribution in [0.15, 0.2) is 30.3 Å². The van der Waals surface area contributed by atoms with E-state index in [1.54, 1.807) is 13.0 Å². The summed E-state index contributed by atoms with van der Waals surface area (Å²) in [4.78, 5) is 12.3. The summed E-state index contributed by atoms with van der Waals surface area (Å²) in [5, 5.41) is 0. The van der Waals surface area contributed by atoms with Crippen LogP contribution in [0.2, 0.25) is 0 Å². The molecular weight excluding hydrogens is 246 g/mol. The highest BCUT2D eigenvalue weighted by Crippen LogP contribution is 2.21. The smallest absolute Gasteiger partial charge is 0.196 e. The molecule has 2 aromatic carbocycles. The second kappa shape index (κ2) is 4.92. The summed E-state index contributed by atoms with van der Waals surface area (Å²) >= 11 is 0. The van der Waals surface area contributed by atoms with Crippen molar-refractivity contribution >= 4 is 5.78 Å². The standard InChI is InChI=1S/C16H14F2O/c1-9-6-11(3)13(7-10(9)2)16(19)14-8-12(17)4-5-15(14)18/h4-8H,1-3H3. The second-order valence-corrected chi connectivity index (χ2v) is 4.70. The number of hydrogen-bond acceptors (Lipinski definition) is 1. The van der Waals surface area contributed by atoms with Crippen LogP contribution in [0.4, 0.5) is 8.78 Å². The van der Waals surface area contributed by atoms with Crippen LogP contribution in [0.5, 0.6) is 0 Å². The van der Waals surface area contributed by atoms with Gasteiger partial charge in [-0.1, -0.05) is 6.07 Å². The number of aryl methyl sites for hydroxylation is 3. The minimum Gasteiger partial charge on any atom is -0.288 e. The fraction of sp³-hybridized carbons (Fsp3) is 0.188. The summed E-state index contributed by atoms with van der Waals surface area (Å²) in [6, 6.07) is 6.50. The fourth-order valence-corrected chi connectivity index (χ4v) is 2.02. The molecule has 0 heterocycles. The highest BCUT2D eigenvalue weighted by atomic mass is 19.1. The van der Waals surface area contributed by atoms with Crippen LogP contribution in [-0.2, 0) is 0 Å². The fourth-order valence-electron chi connectivity index (χ4n) is 2.02. The van der Waals surface area contributed by atoms with Crippen molar-refractivity contribution in [3.8, 4) is 0 Å². The Balaban J connectivity index is 2.56. The number of benzene rings is 2. The molecule has 3 heteroatoms. The third-order valence-corrected chi connectivity index (χ3v) is 3.26. The zero-order valence-corrected chi connectivity index (χ0v) is 11.1. The summed E-state index contributed by atoms with van der Waals surface area (Å²) in [6.45, 7) is 5.61. The first-order chi connectivity index (χ1) is 8.90. The predicted molar refractivity (Wildman–Crippen MR) is 70.4 cm³/mol. The lowest BCUT2D eigenvalue weighted by Gasteiger charge is -2.09. The molecule has 0 aliphatic carbocycles. The SMILES string of the molecule is Cc1cc(C)c(C(=O)c2cc(F)ccc2F)cc1C. The van der Waals surface area contributed by atoms with Crippen LogP contribution in [0, 0.1) is 32.4 Å². The van der Waals surface area contributed by atoms with E-state index in [9.17, 15) is 13.6 Å². The second-order valence-electron chi connectivity index (χ2n) is 4.70. The molecule has 19 heavy (non-hydrogen) atoms. The molecule has 0 atom stereocenters. The van der Waals surface area contributed by atoms with Crippen molar-refractivity contribution < 1.29 is 13.6 Å². The van der Waals surface area contributed by atoms with E-state index in [1.165, 1.54) is 0 Å². The minimum atomic E-state index is -0.705. The zero-order chi connectivity index (χ0) is 14.2. The van der Waals surface area contributed by atoms with Crippen molar-refractivity contribution in [2.45, 2.75) is 20.8 Å². The third-order valence-electron chi connectivity index (χ3n) is 3.26. The molecule has 0 amide bonds. The Labute approximate surface area is 110 Å². The Bertz CT molecular complexity index is 660. The van der Waals surface area contributed by atoms with Crippen molar-refractivity contribution in [2.75, 3.05) is 0 Å². The third kappa shape index (κ3) is 2.55. The largest absolute Gasteiger partial charge is 0.288 e. The van der Waals surface area contributed by atoms with Crippen LogP contribution in [0.25, 0.3) is 0 Å². The minimum absolute atomic E-state index is 0.230. The van der Waals surface area contributed by atoms with Gasteiger partial charge in [-0.25, -0.2) is 8.78 Å². The Morgan fingerprint density at radius 2 is 1.47 bits per heavy atom. The lowest BCUT2D eigenvalue weighted by Crippen LogP contribution is -2.08. The maximum absolute atomic E-state index is 13.6. The highest BCUT2D eigenvalue weighted by molar-refractivity contribution is 6.10. The van der Waals surface area contributed by atoms with Crippen molar-refractivity contribution in [3.63, 3.8) is 0 Å². The molecule has 0 radical (unpaired) electrons. The molecule has 0 aliphatic rings. The molecule has 0 bridgehead atoms. The normalized spacial score (nSPS) is 10.6. The van der Waals surface area contributed by atoms with Crippen LogP contribution < -0.4 is 0 Å². The van der Waals surface area contributed by atoms with E-state index in [2.05, 4.69) is 0 Å². The first-order valence-electron chi connectivity index (χ1n) is 5.97. The van der Waals surface area contributed by atoms with Crippen LogP contribution in [0.3, 0.4) is 0 Å². The van der Waals surface area contributed by atoms with E-state index in [0.717, 1.165) is 34.9 Å². The van der Waals surface area contributed by atoms with Gasteiger partial charge >= 0.3 is 0 Å². The molecule has 0 spiro atoms. The first-order valence-corrected chi connectivity index (χ1v) is 5.97. The van der Waals surface area contributed by atoms with Gasteiger partial charge in [0.15, 0.2) is 5.78 Å². The molecule has 0 unspecified atom stereocenters. The van der Waals surface area contributed by atoms with E-state index >= 15 is 0 Å². The van der Waals surface area contributed by atoms with Gasteiger partial charge in [0.1, 0.15) is 11.6 Å². The zero-order valence-electron chi connectivity index (χ0n) is 11.1. The average Bonchev–Trinajstić information content (AvgIpc) is 2.36.